The molecule has 1 heterocycles. The summed E-state index contributed by atoms with van der Waals surface area (Å²) < 4.78 is 18.6. The molecule has 2 rings (SSSR count). The van der Waals surface area contributed by atoms with E-state index in [0.29, 0.717) is 28.1 Å². The molecule has 0 fully saturated rings. The lowest BCUT2D eigenvalue weighted by atomic mass is 10.2. The summed E-state index contributed by atoms with van der Waals surface area (Å²) in [5.41, 5.74) is 6.18. The number of thioether (sulfide) groups is 1. The van der Waals surface area contributed by atoms with Gasteiger partial charge in [-0.3, -0.25) is 4.99 Å². The van der Waals surface area contributed by atoms with Crippen LogP contribution in [0.1, 0.15) is 11.3 Å². The Morgan fingerprint density at radius 2 is 2.15 bits per heavy atom. The van der Waals surface area contributed by atoms with Crippen molar-refractivity contribution in [2.75, 3.05) is 0 Å². The van der Waals surface area contributed by atoms with Gasteiger partial charge in [0.15, 0.2) is 5.17 Å². The number of hydrogen-bond acceptors (Lipinski definition) is 3. The minimum absolute atomic E-state index is 0. The Bertz CT molecular complexity index is 556. The van der Waals surface area contributed by atoms with E-state index in [0.717, 1.165) is 5.76 Å². The van der Waals surface area contributed by atoms with Crippen molar-refractivity contribution >= 4 is 28.5 Å². The van der Waals surface area contributed by atoms with E-state index < -0.39 is 0 Å². The van der Waals surface area contributed by atoms with E-state index in [4.69, 9.17) is 21.8 Å². The summed E-state index contributed by atoms with van der Waals surface area (Å²) in [5, 5.41) is 0.766. The van der Waals surface area contributed by atoms with Gasteiger partial charge < -0.3 is 22.6 Å². The van der Waals surface area contributed by atoms with E-state index in [2.05, 4.69) is 4.99 Å². The molecule has 0 unspecified atom stereocenters. The zero-order valence-electron chi connectivity index (χ0n) is 10.4. The summed E-state index contributed by atoms with van der Waals surface area (Å²) in [6.45, 7) is 0.372. The van der Waals surface area contributed by atoms with Crippen LogP contribution in [0.5, 0.6) is 0 Å². The van der Waals surface area contributed by atoms with Crippen LogP contribution in [0.2, 0.25) is 5.02 Å². The Balaban J connectivity index is 0.00000200. The molecule has 0 radical (unpaired) electrons. The highest BCUT2D eigenvalue weighted by Crippen LogP contribution is 2.23. The van der Waals surface area contributed by atoms with Crippen LogP contribution in [0.25, 0.3) is 0 Å². The van der Waals surface area contributed by atoms with Gasteiger partial charge in [0.25, 0.3) is 0 Å². The predicted molar refractivity (Wildman–Crippen MR) is 76.7 cm³/mol. The molecule has 0 aliphatic carbocycles. The summed E-state index contributed by atoms with van der Waals surface area (Å²) >= 11 is 7.16. The maximum Gasteiger partial charge on any atom is 0.154 e. The fourth-order valence-electron chi connectivity index (χ4n) is 1.42. The van der Waals surface area contributed by atoms with E-state index in [1.54, 1.807) is 24.5 Å². The number of nitrogens with zero attached hydrogens (tertiary/aromatic N) is 1. The van der Waals surface area contributed by atoms with Crippen LogP contribution in [-0.2, 0) is 12.3 Å². The van der Waals surface area contributed by atoms with E-state index in [9.17, 15) is 4.39 Å². The maximum absolute atomic E-state index is 13.5. The molecule has 0 aliphatic heterocycles. The van der Waals surface area contributed by atoms with Gasteiger partial charge in [0.2, 0.25) is 0 Å². The van der Waals surface area contributed by atoms with Gasteiger partial charge in [-0.25, -0.2) is 4.39 Å². The smallest absolute Gasteiger partial charge is 0.154 e. The number of rotatable bonds is 4. The minimum atomic E-state index is -0.334. The molecule has 0 spiro atoms. The summed E-state index contributed by atoms with van der Waals surface area (Å²) in [6.07, 6.45) is 1.58. The summed E-state index contributed by atoms with van der Waals surface area (Å²) in [5.74, 6) is 0.741. The second-order valence-electron chi connectivity index (χ2n) is 3.72. The van der Waals surface area contributed by atoms with E-state index in [1.807, 2.05) is 6.07 Å². The van der Waals surface area contributed by atoms with Gasteiger partial charge in [-0.2, -0.15) is 0 Å². The SMILES string of the molecule is NC(=NCc1ccco1)SCc1c(F)cccc1Cl.[Cl-]. The third kappa shape index (κ3) is 4.74. The largest absolute Gasteiger partial charge is 1.00 e. The van der Waals surface area contributed by atoms with Crippen molar-refractivity contribution in [2.24, 2.45) is 10.7 Å². The van der Waals surface area contributed by atoms with Crippen molar-refractivity contribution < 1.29 is 21.2 Å². The van der Waals surface area contributed by atoms with Crippen LogP contribution < -0.4 is 18.1 Å². The van der Waals surface area contributed by atoms with Gasteiger partial charge in [0.05, 0.1) is 12.8 Å². The number of furan rings is 1. The van der Waals surface area contributed by atoms with Crippen molar-refractivity contribution in [3.05, 3.63) is 58.8 Å². The fourth-order valence-corrected chi connectivity index (χ4v) is 2.47. The molecule has 3 nitrogen and oxygen atoms in total. The topological polar surface area (TPSA) is 51.5 Å². The molecule has 1 aromatic carbocycles. The van der Waals surface area contributed by atoms with Crippen LogP contribution in [-0.4, -0.2) is 5.17 Å². The zero-order valence-corrected chi connectivity index (χ0v) is 12.7. The Morgan fingerprint density at radius 1 is 1.35 bits per heavy atom. The zero-order chi connectivity index (χ0) is 13.7. The molecule has 7 heteroatoms. The lowest BCUT2D eigenvalue weighted by Gasteiger charge is -2.05. The first-order valence-electron chi connectivity index (χ1n) is 5.55. The van der Waals surface area contributed by atoms with Gasteiger partial charge in [-0.1, -0.05) is 29.4 Å². The minimum Gasteiger partial charge on any atom is -1.00 e. The molecule has 0 saturated heterocycles. The number of nitrogens with two attached hydrogens (primary N) is 1. The van der Waals surface area contributed by atoms with Gasteiger partial charge in [0.1, 0.15) is 11.6 Å². The Hall–Kier alpha value is -1.17. The standard InChI is InChI=1S/C13H12ClFN2OS.ClH/c14-11-4-1-5-12(15)10(11)8-19-13(16)17-7-9-3-2-6-18-9;/h1-6H,7-8H2,(H2,16,17);1H/p-1. The summed E-state index contributed by atoms with van der Waals surface area (Å²) in [4.78, 5) is 4.14. The molecule has 2 N–H and O–H groups in total. The molecule has 0 bridgehead atoms. The Kier molecular flexibility index (Phi) is 6.91. The number of halogens is 3. The Morgan fingerprint density at radius 3 is 2.80 bits per heavy atom. The fraction of sp³-hybridized carbons (Fsp3) is 0.154. The average molecular weight is 334 g/mol. The first kappa shape index (κ1) is 16.9. The highest BCUT2D eigenvalue weighted by atomic mass is 35.5. The van der Waals surface area contributed by atoms with Crippen LogP contribution in [0.15, 0.2) is 46.0 Å². The predicted octanol–water partition coefficient (Wildman–Crippen LogP) is 0.824. The van der Waals surface area contributed by atoms with Crippen molar-refractivity contribution in [1.29, 1.82) is 0 Å². The first-order chi connectivity index (χ1) is 9.16. The van der Waals surface area contributed by atoms with Crippen LogP contribution in [0, 0.1) is 5.82 Å². The van der Waals surface area contributed by atoms with Crippen LogP contribution in [0.3, 0.4) is 0 Å². The molecular weight excluding hydrogens is 322 g/mol. The molecule has 0 saturated carbocycles. The lowest BCUT2D eigenvalue weighted by Crippen LogP contribution is -3.00. The van der Waals surface area contributed by atoms with Crippen molar-refractivity contribution in [3.63, 3.8) is 0 Å². The quantitative estimate of drug-likeness (QED) is 0.666. The van der Waals surface area contributed by atoms with E-state index >= 15 is 0 Å². The van der Waals surface area contributed by atoms with Crippen molar-refractivity contribution in [1.82, 2.24) is 0 Å². The van der Waals surface area contributed by atoms with Gasteiger partial charge in [-0.05, 0) is 24.3 Å². The summed E-state index contributed by atoms with van der Waals surface area (Å²) in [6, 6.07) is 8.19. The second kappa shape index (κ2) is 8.19. The van der Waals surface area contributed by atoms with E-state index in [1.165, 1.54) is 17.8 Å². The maximum atomic E-state index is 13.5. The molecular formula is C13H12Cl2FN2OS-. The van der Waals surface area contributed by atoms with E-state index in [-0.39, 0.29) is 18.2 Å². The van der Waals surface area contributed by atoms with Gasteiger partial charge in [-0.15, -0.1) is 0 Å². The molecule has 0 atom stereocenters. The highest BCUT2D eigenvalue weighted by molar-refractivity contribution is 8.13. The summed E-state index contributed by atoms with van der Waals surface area (Å²) in [7, 11) is 0. The van der Waals surface area contributed by atoms with Crippen LogP contribution in [0.4, 0.5) is 4.39 Å². The highest BCUT2D eigenvalue weighted by Gasteiger charge is 2.07. The molecule has 2 aromatic rings. The number of hydrogen-bond donors (Lipinski definition) is 1. The third-order valence-corrected chi connectivity index (χ3v) is 3.61. The molecule has 0 aliphatic rings. The first-order valence-corrected chi connectivity index (χ1v) is 6.91. The normalized spacial score (nSPS) is 11.2. The third-order valence-electron chi connectivity index (χ3n) is 2.40. The number of benzene rings is 1. The molecule has 1 aromatic heterocycles. The van der Waals surface area contributed by atoms with Gasteiger partial charge in [0, 0.05) is 16.3 Å². The molecule has 108 valence electrons. The number of aliphatic imine (C=N–C) groups is 1. The van der Waals surface area contributed by atoms with Crippen LogP contribution >= 0.6 is 23.4 Å². The van der Waals surface area contributed by atoms with Crippen molar-refractivity contribution in [2.45, 2.75) is 12.3 Å². The Labute approximate surface area is 131 Å². The average Bonchev–Trinajstić information content (AvgIpc) is 2.89. The second-order valence-corrected chi connectivity index (χ2v) is 5.13. The lowest BCUT2D eigenvalue weighted by molar-refractivity contribution is -0.00000489. The monoisotopic (exact) mass is 333 g/mol. The molecule has 20 heavy (non-hydrogen) atoms. The van der Waals surface area contributed by atoms with Crippen molar-refractivity contribution in [3.8, 4) is 0 Å². The number of amidine groups is 1. The molecule has 0 amide bonds. The van der Waals surface area contributed by atoms with Gasteiger partial charge >= 0.3 is 0 Å².